The summed E-state index contributed by atoms with van der Waals surface area (Å²) in [4.78, 5) is 15.5. The van der Waals surface area contributed by atoms with Gasteiger partial charge in [0.1, 0.15) is 0 Å². The van der Waals surface area contributed by atoms with E-state index in [0.29, 0.717) is 26.2 Å². The summed E-state index contributed by atoms with van der Waals surface area (Å²) in [6.45, 7) is 3.76. The topological polar surface area (TPSA) is 100 Å². The van der Waals surface area contributed by atoms with E-state index in [9.17, 15) is 13.2 Å². The number of anilines is 1. The van der Waals surface area contributed by atoms with E-state index in [1.54, 1.807) is 0 Å². The van der Waals surface area contributed by atoms with Gasteiger partial charge in [-0.05, 0) is 24.3 Å². The summed E-state index contributed by atoms with van der Waals surface area (Å²) in [5.41, 5.74) is 6.27. The summed E-state index contributed by atoms with van der Waals surface area (Å²) in [6, 6.07) is 12.7. The van der Waals surface area contributed by atoms with Crippen molar-refractivity contribution in [3.63, 3.8) is 0 Å². The highest BCUT2D eigenvalue weighted by molar-refractivity contribution is 7.89. The second kappa shape index (κ2) is 8.12. The molecule has 27 heavy (non-hydrogen) atoms. The largest absolute Gasteiger partial charge is 0.438 e. The van der Waals surface area contributed by atoms with Gasteiger partial charge in [0.15, 0.2) is 5.76 Å². The van der Waals surface area contributed by atoms with Gasteiger partial charge in [-0.3, -0.25) is 9.69 Å². The van der Waals surface area contributed by atoms with Gasteiger partial charge in [0.25, 0.3) is 15.9 Å². The number of carbonyl (C=O) groups excluding carboxylic acids is 1. The molecule has 0 bridgehead atoms. The minimum Gasteiger partial charge on any atom is -0.438 e. The first kappa shape index (κ1) is 19.4. The van der Waals surface area contributed by atoms with E-state index < -0.39 is 15.9 Å². The van der Waals surface area contributed by atoms with E-state index in [4.69, 9.17) is 10.2 Å². The predicted molar refractivity (Wildman–Crippen MR) is 102 cm³/mol. The Morgan fingerprint density at radius 1 is 1.11 bits per heavy atom. The van der Waals surface area contributed by atoms with Crippen LogP contribution >= 0.6 is 0 Å². The molecular weight excluding hydrogens is 368 g/mol. The third kappa shape index (κ3) is 4.49. The molecule has 1 aliphatic rings. The van der Waals surface area contributed by atoms with Gasteiger partial charge >= 0.3 is 0 Å². The fourth-order valence-electron chi connectivity index (χ4n) is 3.01. The number of primary amides is 1. The normalized spacial score (nSPS) is 16.3. The summed E-state index contributed by atoms with van der Waals surface area (Å²) in [5.74, 6) is -0.944. The van der Waals surface area contributed by atoms with E-state index in [0.717, 1.165) is 18.8 Å². The molecule has 8 nitrogen and oxygen atoms in total. The number of sulfonamides is 1. The van der Waals surface area contributed by atoms with Crippen molar-refractivity contribution in [3.8, 4) is 0 Å². The number of nitrogens with zero attached hydrogens (tertiary/aromatic N) is 3. The Bertz CT molecular complexity index is 874. The molecule has 1 saturated heterocycles. The zero-order valence-electron chi connectivity index (χ0n) is 15.2. The maximum Gasteiger partial charge on any atom is 0.284 e. The van der Waals surface area contributed by atoms with Gasteiger partial charge in [0.2, 0.25) is 5.09 Å². The summed E-state index contributed by atoms with van der Waals surface area (Å²) in [6.07, 6.45) is 0. The van der Waals surface area contributed by atoms with Crippen LogP contribution in [-0.4, -0.2) is 69.8 Å². The average molecular weight is 392 g/mol. The van der Waals surface area contributed by atoms with Crippen molar-refractivity contribution in [2.75, 3.05) is 51.2 Å². The standard InChI is InChI=1S/C18H24N4O4S/c1-20(15-5-3-2-4-6-15)9-10-21-11-13-22(14-12-21)27(24,25)17-8-7-16(26-17)18(19)23/h2-8H,9-14H2,1H3,(H2,19,23). The molecule has 9 heteroatoms. The zero-order chi connectivity index (χ0) is 19.4. The summed E-state index contributed by atoms with van der Waals surface area (Å²) < 4.78 is 31.7. The molecule has 1 aromatic carbocycles. The minimum absolute atomic E-state index is 0.156. The molecule has 0 unspecified atom stereocenters. The van der Waals surface area contributed by atoms with Crippen LogP contribution in [0.5, 0.6) is 0 Å². The number of carbonyl (C=O) groups is 1. The molecule has 0 spiro atoms. The van der Waals surface area contributed by atoms with Crippen molar-refractivity contribution in [3.05, 3.63) is 48.2 Å². The van der Waals surface area contributed by atoms with Crippen LogP contribution in [0.25, 0.3) is 0 Å². The van der Waals surface area contributed by atoms with Gasteiger partial charge in [-0.2, -0.15) is 4.31 Å². The first-order valence-corrected chi connectivity index (χ1v) is 10.2. The van der Waals surface area contributed by atoms with Gasteiger partial charge < -0.3 is 15.1 Å². The third-order valence-corrected chi connectivity index (χ3v) is 6.47. The first-order chi connectivity index (χ1) is 12.9. The second-order valence-corrected chi connectivity index (χ2v) is 8.35. The van der Waals surface area contributed by atoms with Gasteiger partial charge in [-0.25, -0.2) is 8.42 Å². The van der Waals surface area contributed by atoms with E-state index in [1.165, 1.54) is 16.4 Å². The van der Waals surface area contributed by atoms with Gasteiger partial charge in [0, 0.05) is 52.0 Å². The fraction of sp³-hybridized carbons (Fsp3) is 0.389. The van der Waals surface area contributed by atoms with E-state index in [-0.39, 0.29) is 10.9 Å². The van der Waals surface area contributed by atoms with Gasteiger partial charge in [-0.1, -0.05) is 18.2 Å². The molecule has 0 radical (unpaired) electrons. The quantitative estimate of drug-likeness (QED) is 0.749. The maximum atomic E-state index is 12.6. The van der Waals surface area contributed by atoms with Crippen molar-refractivity contribution >= 4 is 21.6 Å². The molecule has 146 valence electrons. The van der Waals surface area contributed by atoms with Gasteiger partial charge in [-0.15, -0.1) is 0 Å². The smallest absolute Gasteiger partial charge is 0.284 e. The molecule has 3 rings (SSSR count). The second-order valence-electron chi connectivity index (χ2n) is 6.49. The Balaban J connectivity index is 1.53. The maximum absolute atomic E-state index is 12.6. The fourth-order valence-corrected chi connectivity index (χ4v) is 4.35. The van der Waals surface area contributed by atoms with Crippen LogP contribution in [-0.2, 0) is 10.0 Å². The number of piperazine rings is 1. The lowest BCUT2D eigenvalue weighted by Gasteiger charge is -2.34. The minimum atomic E-state index is -3.75. The molecule has 0 atom stereocenters. The molecule has 2 heterocycles. The number of para-hydroxylation sites is 1. The third-order valence-electron chi connectivity index (χ3n) is 4.70. The lowest BCUT2D eigenvalue weighted by atomic mass is 10.3. The summed E-state index contributed by atoms with van der Waals surface area (Å²) in [5, 5.41) is -0.242. The van der Waals surface area contributed by atoms with Crippen molar-refractivity contribution in [1.29, 1.82) is 0 Å². The van der Waals surface area contributed by atoms with Crippen molar-refractivity contribution in [2.24, 2.45) is 5.73 Å². The number of amides is 1. The average Bonchev–Trinajstić information content (AvgIpc) is 3.18. The molecule has 1 amide bonds. The van der Waals surface area contributed by atoms with E-state index in [1.807, 2.05) is 25.2 Å². The number of benzene rings is 1. The number of likely N-dealkylation sites (N-methyl/N-ethyl adjacent to an activating group) is 1. The molecule has 0 saturated carbocycles. The SMILES string of the molecule is CN(CCN1CCN(S(=O)(=O)c2ccc(C(N)=O)o2)CC1)c1ccccc1. The molecule has 1 fully saturated rings. The van der Waals surface area contributed by atoms with Crippen molar-refractivity contribution in [1.82, 2.24) is 9.21 Å². The number of hydrogen-bond acceptors (Lipinski definition) is 6. The Labute approximate surface area is 159 Å². The number of nitrogens with two attached hydrogens (primary N) is 1. The highest BCUT2D eigenvalue weighted by Gasteiger charge is 2.31. The number of furan rings is 1. The Morgan fingerprint density at radius 2 is 1.78 bits per heavy atom. The van der Waals surface area contributed by atoms with Gasteiger partial charge in [0.05, 0.1) is 0 Å². The lowest BCUT2D eigenvalue weighted by molar-refractivity contribution is 0.0968. The van der Waals surface area contributed by atoms with Crippen molar-refractivity contribution in [2.45, 2.75) is 5.09 Å². The Morgan fingerprint density at radius 3 is 2.37 bits per heavy atom. The summed E-state index contributed by atoms with van der Waals surface area (Å²) >= 11 is 0. The predicted octanol–water partition coefficient (Wildman–Crippen LogP) is 0.821. The molecular formula is C18H24N4O4S. The lowest BCUT2D eigenvalue weighted by Crippen LogP contribution is -2.50. The van der Waals surface area contributed by atoms with Crippen LogP contribution in [0.4, 0.5) is 5.69 Å². The van der Waals surface area contributed by atoms with Crippen LogP contribution in [0.1, 0.15) is 10.6 Å². The molecule has 0 aliphatic carbocycles. The van der Waals surface area contributed by atoms with E-state index in [2.05, 4.69) is 21.9 Å². The zero-order valence-corrected chi connectivity index (χ0v) is 16.1. The highest BCUT2D eigenvalue weighted by atomic mass is 32.2. The van der Waals surface area contributed by atoms with Crippen LogP contribution in [0.3, 0.4) is 0 Å². The van der Waals surface area contributed by atoms with Crippen molar-refractivity contribution < 1.29 is 17.6 Å². The Hall–Kier alpha value is -2.36. The number of rotatable bonds is 7. The number of hydrogen-bond donors (Lipinski definition) is 1. The van der Waals surface area contributed by atoms with Crippen LogP contribution < -0.4 is 10.6 Å². The van der Waals surface area contributed by atoms with Crippen LogP contribution in [0.2, 0.25) is 0 Å². The summed E-state index contributed by atoms with van der Waals surface area (Å²) in [7, 11) is -1.71. The Kier molecular flexibility index (Phi) is 5.83. The monoisotopic (exact) mass is 392 g/mol. The van der Waals surface area contributed by atoms with Crippen LogP contribution in [0, 0.1) is 0 Å². The molecule has 1 aliphatic heterocycles. The molecule has 1 aromatic heterocycles. The molecule has 2 aromatic rings. The van der Waals surface area contributed by atoms with E-state index >= 15 is 0 Å². The molecule has 2 N–H and O–H groups in total. The highest BCUT2D eigenvalue weighted by Crippen LogP contribution is 2.20. The van der Waals surface area contributed by atoms with Crippen LogP contribution in [0.15, 0.2) is 52.0 Å². The first-order valence-electron chi connectivity index (χ1n) is 8.76.